The molecule has 0 spiro atoms. The summed E-state index contributed by atoms with van der Waals surface area (Å²) in [7, 11) is 0. The molecule has 4 nitrogen and oxygen atoms in total. The number of rotatable bonds is 34. The number of nitrogens with one attached hydrogen (secondary N) is 2. The molecular weight excluding hydrogens is 588 g/mol. The fraction of sp³-hybridized carbons (Fsp3) is 0.727. The number of carbonyl (C=O) groups is 2. The second-order valence-corrected chi connectivity index (χ2v) is 14.0. The Morgan fingerprint density at radius 1 is 0.458 bits per heavy atom. The van der Waals surface area contributed by atoms with Crippen LogP contribution in [0.25, 0.3) is 0 Å². The first-order valence-corrected chi connectivity index (χ1v) is 20.6. The Kier molecular flexibility index (Phi) is 31.4. The van der Waals surface area contributed by atoms with Crippen LogP contribution in [0.3, 0.4) is 0 Å². The van der Waals surface area contributed by atoms with Crippen LogP contribution < -0.4 is 10.6 Å². The smallest absolute Gasteiger partial charge is 0.220 e. The summed E-state index contributed by atoms with van der Waals surface area (Å²) in [6.45, 7) is 5.63. The van der Waals surface area contributed by atoms with Crippen LogP contribution in [0.2, 0.25) is 0 Å². The molecule has 4 heteroatoms. The highest BCUT2D eigenvalue weighted by atomic mass is 16.2. The molecule has 0 radical (unpaired) electrons. The van der Waals surface area contributed by atoms with Gasteiger partial charge in [-0.25, -0.2) is 0 Å². The number of hydrogen-bond acceptors (Lipinski definition) is 2. The van der Waals surface area contributed by atoms with Crippen LogP contribution in [0.15, 0.2) is 48.6 Å². The van der Waals surface area contributed by atoms with Crippen LogP contribution in [0.4, 0.5) is 0 Å². The van der Waals surface area contributed by atoms with Crippen LogP contribution in [-0.2, 0) is 22.7 Å². The number of unbranched alkanes of at least 4 members (excludes halogenated alkanes) is 22. The van der Waals surface area contributed by atoms with Gasteiger partial charge >= 0.3 is 0 Å². The molecule has 2 amide bonds. The molecule has 274 valence electrons. The van der Waals surface area contributed by atoms with E-state index in [0.29, 0.717) is 25.9 Å². The molecule has 0 aliphatic carbocycles. The summed E-state index contributed by atoms with van der Waals surface area (Å²) >= 11 is 0. The molecule has 0 saturated heterocycles. The Bertz CT molecular complexity index is 866. The molecule has 0 saturated carbocycles. The second-order valence-electron chi connectivity index (χ2n) is 14.0. The molecule has 1 rings (SSSR count). The lowest BCUT2D eigenvalue weighted by atomic mass is 10.1. The van der Waals surface area contributed by atoms with E-state index in [1.54, 1.807) is 0 Å². The van der Waals surface area contributed by atoms with Crippen LogP contribution in [0.1, 0.15) is 205 Å². The third-order valence-corrected chi connectivity index (χ3v) is 9.30. The van der Waals surface area contributed by atoms with Crippen LogP contribution in [0, 0.1) is 0 Å². The molecule has 0 aliphatic heterocycles. The minimum atomic E-state index is 0.131. The molecule has 0 aromatic heterocycles. The van der Waals surface area contributed by atoms with Gasteiger partial charge in [-0.1, -0.05) is 165 Å². The molecule has 0 heterocycles. The molecule has 1 aromatic carbocycles. The van der Waals surface area contributed by atoms with Crippen LogP contribution in [0.5, 0.6) is 0 Å². The van der Waals surface area contributed by atoms with Gasteiger partial charge in [-0.3, -0.25) is 9.59 Å². The quantitative estimate of drug-likeness (QED) is 0.0569. The van der Waals surface area contributed by atoms with E-state index in [1.165, 1.54) is 141 Å². The van der Waals surface area contributed by atoms with Crippen LogP contribution >= 0.6 is 0 Å². The van der Waals surface area contributed by atoms with E-state index >= 15 is 0 Å². The Hall–Kier alpha value is -2.36. The third kappa shape index (κ3) is 29.8. The van der Waals surface area contributed by atoms with Gasteiger partial charge in [-0.15, -0.1) is 0 Å². The largest absolute Gasteiger partial charge is 0.352 e. The van der Waals surface area contributed by atoms with Crippen molar-refractivity contribution < 1.29 is 9.59 Å². The maximum absolute atomic E-state index is 12.4. The minimum absolute atomic E-state index is 0.131. The summed E-state index contributed by atoms with van der Waals surface area (Å²) in [6.07, 6.45) is 43.6. The topological polar surface area (TPSA) is 58.2 Å². The molecule has 0 unspecified atom stereocenters. The highest BCUT2D eigenvalue weighted by Crippen LogP contribution is 2.12. The lowest BCUT2D eigenvalue weighted by Gasteiger charge is -2.09. The summed E-state index contributed by atoms with van der Waals surface area (Å²) in [6, 6.07) is 8.18. The number of carbonyl (C=O) groups excluding carboxylic acids is 2. The second kappa shape index (κ2) is 34.5. The first-order chi connectivity index (χ1) is 23.7. The van der Waals surface area contributed by atoms with Crippen molar-refractivity contribution in [3.8, 4) is 0 Å². The number of hydrogen-bond donors (Lipinski definition) is 2. The van der Waals surface area contributed by atoms with E-state index in [0.717, 1.165) is 36.8 Å². The van der Waals surface area contributed by atoms with E-state index in [1.807, 2.05) is 18.2 Å². The lowest BCUT2D eigenvalue weighted by molar-refractivity contribution is -0.122. The molecule has 0 aliphatic rings. The van der Waals surface area contributed by atoms with Crippen molar-refractivity contribution in [1.29, 1.82) is 0 Å². The zero-order valence-corrected chi connectivity index (χ0v) is 31.6. The van der Waals surface area contributed by atoms with E-state index in [-0.39, 0.29) is 11.8 Å². The van der Waals surface area contributed by atoms with Gasteiger partial charge < -0.3 is 10.6 Å². The Morgan fingerprint density at radius 2 is 0.771 bits per heavy atom. The highest BCUT2D eigenvalue weighted by molar-refractivity contribution is 5.76. The highest BCUT2D eigenvalue weighted by Gasteiger charge is 2.05. The van der Waals surface area contributed by atoms with Gasteiger partial charge in [-0.05, 0) is 75.3 Å². The van der Waals surface area contributed by atoms with E-state index in [9.17, 15) is 9.59 Å². The van der Waals surface area contributed by atoms with Crippen molar-refractivity contribution in [1.82, 2.24) is 10.6 Å². The summed E-state index contributed by atoms with van der Waals surface area (Å²) < 4.78 is 0. The van der Waals surface area contributed by atoms with Gasteiger partial charge in [0.15, 0.2) is 0 Å². The predicted molar refractivity (Wildman–Crippen MR) is 209 cm³/mol. The Morgan fingerprint density at radius 3 is 1.12 bits per heavy atom. The maximum atomic E-state index is 12.4. The number of benzene rings is 1. The van der Waals surface area contributed by atoms with Crippen molar-refractivity contribution in [3.63, 3.8) is 0 Å². The fourth-order valence-corrected chi connectivity index (χ4v) is 6.14. The van der Waals surface area contributed by atoms with E-state index in [2.05, 4.69) is 54.9 Å². The molecule has 0 atom stereocenters. The molecule has 48 heavy (non-hydrogen) atoms. The van der Waals surface area contributed by atoms with Crippen molar-refractivity contribution in [3.05, 3.63) is 59.7 Å². The molecule has 1 aromatic rings. The molecule has 2 N–H and O–H groups in total. The first kappa shape index (κ1) is 43.7. The zero-order valence-electron chi connectivity index (χ0n) is 31.6. The maximum Gasteiger partial charge on any atom is 0.220 e. The van der Waals surface area contributed by atoms with Crippen LogP contribution in [-0.4, -0.2) is 11.8 Å². The van der Waals surface area contributed by atoms with Crippen molar-refractivity contribution >= 4 is 11.8 Å². The molecule has 0 bridgehead atoms. The SMILES string of the molecule is CCCCCCCC/C=C\CCCCCCCC(=O)NCc1cccc(CNC(=O)CCCCCCC/C=C\CCCCCCCC)c1. The van der Waals surface area contributed by atoms with Gasteiger partial charge in [0.2, 0.25) is 11.8 Å². The van der Waals surface area contributed by atoms with Gasteiger partial charge in [0.1, 0.15) is 0 Å². The minimum Gasteiger partial charge on any atom is -0.352 e. The molecular formula is C44H76N2O2. The van der Waals surface area contributed by atoms with Gasteiger partial charge in [0, 0.05) is 25.9 Å². The summed E-state index contributed by atoms with van der Waals surface area (Å²) in [5.41, 5.74) is 2.16. The Balaban J connectivity index is 1.98. The van der Waals surface area contributed by atoms with Gasteiger partial charge in [0.25, 0.3) is 0 Å². The van der Waals surface area contributed by atoms with E-state index < -0.39 is 0 Å². The summed E-state index contributed by atoms with van der Waals surface area (Å²) in [5, 5.41) is 6.15. The standard InChI is InChI=1S/C44H76N2O2/c1-3-5-7-9-11-13-15-17-19-21-23-25-27-29-31-36-43(47)45-39-41-34-33-35-42(38-41)40-46-44(48)37-32-30-28-26-24-22-20-18-16-14-12-10-8-6-4-2/h17-20,33-35,38H,3-16,21-32,36-37,39-40H2,1-2H3,(H,45,47)(H,46,48)/b19-17-,20-18-. The average molecular weight is 665 g/mol. The summed E-state index contributed by atoms with van der Waals surface area (Å²) in [5.74, 6) is 0.262. The predicted octanol–water partition coefficient (Wildman–Crippen LogP) is 13.0. The fourth-order valence-electron chi connectivity index (χ4n) is 6.14. The van der Waals surface area contributed by atoms with Gasteiger partial charge in [0.05, 0.1) is 0 Å². The third-order valence-electron chi connectivity index (χ3n) is 9.30. The Labute approximate surface area is 297 Å². The van der Waals surface area contributed by atoms with E-state index in [4.69, 9.17) is 0 Å². The number of allylic oxidation sites excluding steroid dienone is 4. The van der Waals surface area contributed by atoms with Crippen molar-refractivity contribution in [2.75, 3.05) is 0 Å². The van der Waals surface area contributed by atoms with Gasteiger partial charge in [-0.2, -0.15) is 0 Å². The molecule has 0 fully saturated rings. The average Bonchev–Trinajstić information content (AvgIpc) is 3.10. The monoisotopic (exact) mass is 665 g/mol. The van der Waals surface area contributed by atoms with Crippen molar-refractivity contribution in [2.45, 2.75) is 207 Å². The normalized spacial score (nSPS) is 11.5. The summed E-state index contributed by atoms with van der Waals surface area (Å²) in [4.78, 5) is 24.7. The first-order valence-electron chi connectivity index (χ1n) is 20.6. The number of amides is 2. The zero-order chi connectivity index (χ0) is 34.6. The van der Waals surface area contributed by atoms with Crippen molar-refractivity contribution in [2.24, 2.45) is 0 Å². The lowest BCUT2D eigenvalue weighted by Crippen LogP contribution is -2.23.